The van der Waals surface area contributed by atoms with Crippen molar-refractivity contribution in [1.29, 1.82) is 0 Å². The number of rotatable bonds is 6. The second-order valence-corrected chi connectivity index (χ2v) is 7.69. The molecule has 24 heavy (non-hydrogen) atoms. The van der Waals surface area contributed by atoms with Crippen LogP contribution in [0, 0.1) is 0 Å². The van der Waals surface area contributed by atoms with Gasteiger partial charge in [-0.15, -0.1) is 0 Å². The Morgan fingerprint density at radius 1 is 1.17 bits per heavy atom. The van der Waals surface area contributed by atoms with Gasteiger partial charge in [-0.1, -0.05) is 24.9 Å². The summed E-state index contributed by atoms with van der Waals surface area (Å²) in [6.45, 7) is 7.41. The van der Waals surface area contributed by atoms with E-state index in [1.165, 1.54) is 19.3 Å². The van der Waals surface area contributed by atoms with E-state index in [0.717, 1.165) is 69.9 Å². The molecule has 0 aromatic carbocycles. The molecule has 3 rings (SSSR count). The maximum Gasteiger partial charge on any atom is 0.151 e. The van der Waals surface area contributed by atoms with Gasteiger partial charge < -0.3 is 15.0 Å². The van der Waals surface area contributed by atoms with Crippen molar-refractivity contribution in [2.24, 2.45) is 0 Å². The molecule has 0 unspecified atom stereocenters. The van der Waals surface area contributed by atoms with Gasteiger partial charge in [-0.05, 0) is 32.1 Å². The van der Waals surface area contributed by atoms with Crippen LogP contribution in [-0.4, -0.2) is 63.2 Å². The molecule has 0 bridgehead atoms. The van der Waals surface area contributed by atoms with E-state index in [1.807, 2.05) is 0 Å². The van der Waals surface area contributed by atoms with Crippen molar-refractivity contribution < 1.29 is 5.11 Å². The highest BCUT2D eigenvalue weighted by molar-refractivity contribution is 6.30. The summed E-state index contributed by atoms with van der Waals surface area (Å²) in [5.41, 5.74) is 1.07. The number of likely N-dealkylation sites (tertiary alicyclic amines) is 2. The fourth-order valence-electron chi connectivity index (χ4n) is 3.92. The molecule has 0 radical (unpaired) electrons. The highest BCUT2D eigenvalue weighted by Crippen LogP contribution is 2.23. The van der Waals surface area contributed by atoms with Crippen LogP contribution in [0.15, 0.2) is 0 Å². The predicted molar refractivity (Wildman–Crippen MR) is 97.3 cm³/mol. The zero-order chi connectivity index (χ0) is 16.9. The Kier molecular flexibility index (Phi) is 6.56. The lowest BCUT2D eigenvalue weighted by atomic mass is 9.99. The number of nitrogens with one attached hydrogen (secondary N) is 1. The van der Waals surface area contributed by atoms with Crippen molar-refractivity contribution in [3.8, 4) is 0 Å². The molecule has 5 nitrogen and oxygen atoms in total. The van der Waals surface area contributed by atoms with Crippen molar-refractivity contribution in [2.45, 2.75) is 70.6 Å². The van der Waals surface area contributed by atoms with Gasteiger partial charge in [0.2, 0.25) is 0 Å². The third kappa shape index (κ3) is 4.72. The molecule has 0 amide bonds. The SMILES string of the molecule is CCCCc1nc(Cl)c(CN2CCC(N3CCC(O)CC3)CC2)[nH]1. The van der Waals surface area contributed by atoms with Gasteiger partial charge in [0.05, 0.1) is 11.8 Å². The molecule has 2 aliphatic heterocycles. The molecule has 2 fully saturated rings. The Labute approximate surface area is 150 Å². The highest BCUT2D eigenvalue weighted by Gasteiger charge is 2.28. The highest BCUT2D eigenvalue weighted by atomic mass is 35.5. The maximum atomic E-state index is 9.66. The van der Waals surface area contributed by atoms with Crippen LogP contribution < -0.4 is 0 Å². The Morgan fingerprint density at radius 3 is 2.54 bits per heavy atom. The van der Waals surface area contributed by atoms with Crippen molar-refractivity contribution in [2.75, 3.05) is 26.2 Å². The van der Waals surface area contributed by atoms with Crippen LogP contribution >= 0.6 is 11.6 Å². The minimum absolute atomic E-state index is 0.0780. The number of hydrogen-bond donors (Lipinski definition) is 2. The van der Waals surface area contributed by atoms with E-state index >= 15 is 0 Å². The number of halogens is 1. The first-order valence-electron chi connectivity index (χ1n) is 9.53. The lowest BCUT2D eigenvalue weighted by Crippen LogP contribution is -2.48. The van der Waals surface area contributed by atoms with Gasteiger partial charge in [-0.25, -0.2) is 4.98 Å². The molecule has 6 heteroatoms. The van der Waals surface area contributed by atoms with Gasteiger partial charge >= 0.3 is 0 Å². The van der Waals surface area contributed by atoms with Gasteiger partial charge in [0.15, 0.2) is 5.15 Å². The second kappa shape index (κ2) is 8.65. The topological polar surface area (TPSA) is 55.4 Å². The first-order chi connectivity index (χ1) is 11.7. The first kappa shape index (κ1) is 18.2. The van der Waals surface area contributed by atoms with Crippen molar-refractivity contribution >= 4 is 11.6 Å². The molecular weight excluding hydrogens is 324 g/mol. The molecule has 2 N–H and O–H groups in total. The zero-order valence-corrected chi connectivity index (χ0v) is 15.6. The van der Waals surface area contributed by atoms with E-state index in [-0.39, 0.29) is 6.10 Å². The summed E-state index contributed by atoms with van der Waals surface area (Å²) in [7, 11) is 0. The average molecular weight is 355 g/mol. The molecule has 0 atom stereocenters. The van der Waals surface area contributed by atoms with E-state index in [1.54, 1.807) is 0 Å². The Morgan fingerprint density at radius 2 is 1.88 bits per heavy atom. The molecule has 0 aliphatic carbocycles. The lowest BCUT2D eigenvalue weighted by Gasteiger charge is -2.41. The molecular formula is C18H31ClN4O. The molecule has 0 saturated carbocycles. The molecule has 1 aromatic rings. The van der Waals surface area contributed by atoms with Gasteiger partial charge in [0.1, 0.15) is 5.82 Å². The molecule has 136 valence electrons. The number of nitrogens with zero attached hydrogens (tertiary/aromatic N) is 3. The molecule has 0 spiro atoms. The van der Waals surface area contributed by atoms with E-state index in [4.69, 9.17) is 11.6 Å². The number of imidazole rings is 1. The number of aromatic amines is 1. The standard InChI is InChI=1S/C18H31ClN4O/c1-2-3-4-17-20-16(18(19)21-17)13-22-9-5-14(6-10-22)23-11-7-15(24)8-12-23/h14-15,24H,2-13H2,1H3,(H,20,21). The van der Waals surface area contributed by atoms with Crippen molar-refractivity contribution in [3.05, 3.63) is 16.7 Å². The smallest absolute Gasteiger partial charge is 0.151 e. The normalized spacial score (nSPS) is 22.3. The van der Waals surface area contributed by atoms with E-state index in [9.17, 15) is 5.11 Å². The number of hydrogen-bond acceptors (Lipinski definition) is 4. The van der Waals surface area contributed by atoms with Crippen LogP contribution in [0.1, 0.15) is 57.0 Å². The lowest BCUT2D eigenvalue weighted by molar-refractivity contribution is 0.0374. The number of aryl methyl sites for hydroxylation is 1. The van der Waals surface area contributed by atoms with Crippen LogP contribution in [0.2, 0.25) is 5.15 Å². The number of unbranched alkanes of at least 4 members (excludes halogenated alkanes) is 1. The predicted octanol–water partition coefficient (Wildman–Crippen LogP) is 2.83. The summed E-state index contributed by atoms with van der Waals surface area (Å²) >= 11 is 6.31. The molecule has 2 saturated heterocycles. The third-order valence-corrected chi connectivity index (χ3v) is 5.81. The third-order valence-electron chi connectivity index (χ3n) is 5.50. The van der Waals surface area contributed by atoms with Gasteiger partial charge in [0.25, 0.3) is 0 Å². The zero-order valence-electron chi connectivity index (χ0n) is 14.8. The summed E-state index contributed by atoms with van der Waals surface area (Å²) in [6, 6.07) is 0.686. The Bertz CT molecular complexity index is 505. The largest absolute Gasteiger partial charge is 0.393 e. The maximum absolute atomic E-state index is 9.66. The minimum Gasteiger partial charge on any atom is -0.393 e. The summed E-state index contributed by atoms with van der Waals surface area (Å²) in [5.74, 6) is 1.03. The van der Waals surface area contributed by atoms with E-state index in [2.05, 4.69) is 26.7 Å². The van der Waals surface area contributed by atoms with Crippen LogP contribution in [0.5, 0.6) is 0 Å². The van der Waals surface area contributed by atoms with Gasteiger partial charge in [-0.3, -0.25) is 4.90 Å². The van der Waals surface area contributed by atoms with Gasteiger partial charge in [0, 0.05) is 45.2 Å². The number of aliphatic hydroxyl groups excluding tert-OH is 1. The quantitative estimate of drug-likeness (QED) is 0.824. The number of piperidine rings is 2. The van der Waals surface area contributed by atoms with Crippen molar-refractivity contribution in [3.63, 3.8) is 0 Å². The minimum atomic E-state index is -0.0780. The Hall–Kier alpha value is -0.620. The molecule has 2 aliphatic rings. The fourth-order valence-corrected chi connectivity index (χ4v) is 4.13. The van der Waals surface area contributed by atoms with Crippen molar-refractivity contribution in [1.82, 2.24) is 19.8 Å². The van der Waals surface area contributed by atoms with Crippen LogP contribution in [0.4, 0.5) is 0 Å². The molecule has 1 aromatic heterocycles. The molecule has 3 heterocycles. The van der Waals surface area contributed by atoms with Crippen LogP contribution in [0.3, 0.4) is 0 Å². The summed E-state index contributed by atoms with van der Waals surface area (Å²) < 4.78 is 0. The van der Waals surface area contributed by atoms with Gasteiger partial charge in [-0.2, -0.15) is 0 Å². The van der Waals surface area contributed by atoms with Crippen LogP contribution in [-0.2, 0) is 13.0 Å². The fraction of sp³-hybridized carbons (Fsp3) is 0.833. The number of aromatic nitrogens is 2. The number of H-pyrrole nitrogens is 1. The van der Waals surface area contributed by atoms with Crippen LogP contribution in [0.25, 0.3) is 0 Å². The van der Waals surface area contributed by atoms with E-state index < -0.39 is 0 Å². The summed E-state index contributed by atoms with van der Waals surface area (Å²) in [4.78, 5) is 12.9. The monoisotopic (exact) mass is 354 g/mol. The Balaban J connectivity index is 1.46. The first-order valence-corrected chi connectivity index (χ1v) is 9.91. The second-order valence-electron chi connectivity index (χ2n) is 7.33. The number of aliphatic hydroxyl groups is 1. The summed E-state index contributed by atoms with van der Waals surface area (Å²) in [5, 5.41) is 10.3. The summed E-state index contributed by atoms with van der Waals surface area (Å²) in [6.07, 6.45) is 7.53. The average Bonchev–Trinajstić information content (AvgIpc) is 2.94. The van der Waals surface area contributed by atoms with E-state index in [0.29, 0.717) is 11.2 Å².